The Labute approximate surface area is 178 Å². The summed E-state index contributed by atoms with van der Waals surface area (Å²) in [6.07, 6.45) is 9.43. The van der Waals surface area contributed by atoms with E-state index >= 15 is 0 Å². The Kier molecular flexibility index (Phi) is 6.67. The fourth-order valence-corrected chi connectivity index (χ4v) is 4.80. The number of nitrogens with one attached hydrogen (secondary N) is 1. The number of rotatable bonds is 5. The summed E-state index contributed by atoms with van der Waals surface area (Å²) in [7, 11) is 3.35. The molecule has 162 valence electrons. The predicted octanol–water partition coefficient (Wildman–Crippen LogP) is 4.01. The van der Waals surface area contributed by atoms with Gasteiger partial charge in [-0.2, -0.15) is 0 Å². The molecule has 2 heterocycles. The van der Waals surface area contributed by atoms with Crippen LogP contribution in [0.2, 0.25) is 0 Å². The monoisotopic (exact) mass is 412 g/mol. The van der Waals surface area contributed by atoms with Crippen LogP contribution in [-0.4, -0.2) is 54.2 Å². The molecule has 4 rings (SSSR count). The number of urea groups is 1. The van der Waals surface area contributed by atoms with Crippen LogP contribution < -0.4 is 10.1 Å². The van der Waals surface area contributed by atoms with Crippen LogP contribution >= 0.6 is 0 Å². The molecule has 0 bridgehead atoms. The molecule has 1 aliphatic heterocycles. The van der Waals surface area contributed by atoms with Gasteiger partial charge in [-0.3, -0.25) is 0 Å². The van der Waals surface area contributed by atoms with Gasteiger partial charge >= 0.3 is 6.03 Å². The Hall–Kier alpha value is -2.41. The minimum Gasteiger partial charge on any atom is -0.496 e. The molecule has 7 nitrogen and oxygen atoms in total. The smallest absolute Gasteiger partial charge is 0.317 e. The van der Waals surface area contributed by atoms with Crippen molar-refractivity contribution >= 4 is 16.9 Å². The SMILES string of the molecule is COCc1cc2ncnc(C3CCN(C(=O)NC4CCCCC4)CC3)c2cc1OC. The van der Waals surface area contributed by atoms with E-state index in [1.165, 1.54) is 19.3 Å². The maximum atomic E-state index is 12.7. The van der Waals surface area contributed by atoms with Crippen LogP contribution in [0.4, 0.5) is 4.79 Å². The zero-order valence-corrected chi connectivity index (χ0v) is 18.0. The predicted molar refractivity (Wildman–Crippen MR) is 116 cm³/mol. The van der Waals surface area contributed by atoms with Crippen molar-refractivity contribution in [1.29, 1.82) is 0 Å². The maximum absolute atomic E-state index is 12.7. The van der Waals surface area contributed by atoms with Crippen molar-refractivity contribution < 1.29 is 14.3 Å². The first-order chi connectivity index (χ1) is 14.7. The minimum atomic E-state index is 0.0961. The van der Waals surface area contributed by atoms with Gasteiger partial charge in [0.1, 0.15) is 12.1 Å². The average molecular weight is 413 g/mol. The van der Waals surface area contributed by atoms with E-state index in [0.29, 0.717) is 18.6 Å². The van der Waals surface area contributed by atoms with Crippen LogP contribution in [0.25, 0.3) is 10.9 Å². The third kappa shape index (κ3) is 4.51. The first kappa shape index (κ1) is 20.8. The Morgan fingerprint density at radius 3 is 2.57 bits per heavy atom. The second-order valence-corrected chi connectivity index (χ2v) is 8.42. The molecule has 2 fully saturated rings. The summed E-state index contributed by atoms with van der Waals surface area (Å²) in [5.41, 5.74) is 2.94. The van der Waals surface area contributed by atoms with Gasteiger partial charge in [0.15, 0.2) is 0 Å². The summed E-state index contributed by atoms with van der Waals surface area (Å²) < 4.78 is 10.9. The highest BCUT2D eigenvalue weighted by Crippen LogP contribution is 2.34. The second-order valence-electron chi connectivity index (χ2n) is 8.42. The Morgan fingerprint density at radius 1 is 1.10 bits per heavy atom. The minimum absolute atomic E-state index is 0.0961. The van der Waals surface area contributed by atoms with Crippen molar-refractivity contribution in [3.05, 3.63) is 29.7 Å². The molecule has 0 atom stereocenters. The molecule has 1 saturated carbocycles. The summed E-state index contributed by atoms with van der Waals surface area (Å²) in [5.74, 6) is 1.11. The number of ether oxygens (including phenoxy) is 2. The Bertz CT molecular complexity index is 874. The van der Waals surface area contributed by atoms with Gasteiger partial charge in [-0.05, 0) is 37.8 Å². The summed E-state index contributed by atoms with van der Waals surface area (Å²) >= 11 is 0. The summed E-state index contributed by atoms with van der Waals surface area (Å²) in [4.78, 5) is 23.7. The first-order valence-electron chi connectivity index (χ1n) is 11.1. The first-order valence-corrected chi connectivity index (χ1v) is 11.1. The highest BCUT2D eigenvalue weighted by atomic mass is 16.5. The van der Waals surface area contributed by atoms with Gasteiger partial charge in [0.2, 0.25) is 0 Å². The van der Waals surface area contributed by atoms with Crippen LogP contribution in [0.3, 0.4) is 0 Å². The molecule has 0 unspecified atom stereocenters. The number of carbonyl (C=O) groups excluding carboxylic acids is 1. The van der Waals surface area contributed by atoms with E-state index in [9.17, 15) is 4.79 Å². The van der Waals surface area contributed by atoms with Gasteiger partial charge < -0.3 is 19.7 Å². The second kappa shape index (κ2) is 9.60. The van der Waals surface area contributed by atoms with Crippen LogP contribution in [0.15, 0.2) is 18.5 Å². The lowest BCUT2D eigenvalue weighted by Crippen LogP contribution is -2.48. The lowest BCUT2D eigenvalue weighted by molar-refractivity contribution is 0.174. The summed E-state index contributed by atoms with van der Waals surface area (Å²) in [6.45, 7) is 1.99. The van der Waals surface area contributed by atoms with Gasteiger partial charge in [-0.25, -0.2) is 14.8 Å². The highest BCUT2D eigenvalue weighted by Gasteiger charge is 2.27. The van der Waals surface area contributed by atoms with Gasteiger partial charge in [0, 0.05) is 43.1 Å². The van der Waals surface area contributed by atoms with Crippen molar-refractivity contribution in [3.8, 4) is 5.75 Å². The zero-order valence-electron chi connectivity index (χ0n) is 18.0. The maximum Gasteiger partial charge on any atom is 0.317 e. The van der Waals surface area contributed by atoms with Gasteiger partial charge in [-0.1, -0.05) is 19.3 Å². The number of hydrogen-bond acceptors (Lipinski definition) is 5. The number of piperidine rings is 1. The quantitative estimate of drug-likeness (QED) is 0.803. The number of methoxy groups -OCH3 is 2. The standard InChI is InChI=1S/C23H32N4O3/c1-29-14-17-12-20-19(13-21(17)30-2)22(25-15-24-20)16-8-10-27(11-9-16)23(28)26-18-6-4-3-5-7-18/h12-13,15-16,18H,3-11,14H2,1-2H3,(H,26,28). The fraction of sp³-hybridized carbons (Fsp3) is 0.609. The number of aromatic nitrogens is 2. The highest BCUT2D eigenvalue weighted by molar-refractivity contribution is 5.84. The number of amides is 2. The summed E-state index contributed by atoms with van der Waals surface area (Å²) in [5, 5.41) is 4.27. The molecule has 2 aliphatic rings. The lowest BCUT2D eigenvalue weighted by atomic mass is 9.90. The number of hydrogen-bond donors (Lipinski definition) is 1. The van der Waals surface area contributed by atoms with Gasteiger partial charge in [-0.15, -0.1) is 0 Å². The summed E-state index contributed by atoms with van der Waals surface area (Å²) in [6, 6.07) is 4.50. The molecule has 1 aromatic heterocycles. The lowest BCUT2D eigenvalue weighted by Gasteiger charge is -2.34. The topological polar surface area (TPSA) is 76.6 Å². The van der Waals surface area contributed by atoms with Crippen LogP contribution in [0.5, 0.6) is 5.75 Å². The molecule has 1 N–H and O–H groups in total. The van der Waals surface area contributed by atoms with Gasteiger partial charge in [0.05, 0.1) is 24.9 Å². The molecule has 30 heavy (non-hydrogen) atoms. The fourth-order valence-electron chi connectivity index (χ4n) is 4.80. The van der Waals surface area contributed by atoms with Crippen molar-refractivity contribution in [2.75, 3.05) is 27.3 Å². The van der Waals surface area contributed by atoms with Crippen molar-refractivity contribution in [3.63, 3.8) is 0 Å². The average Bonchev–Trinajstić information content (AvgIpc) is 2.79. The van der Waals surface area contributed by atoms with E-state index in [2.05, 4.69) is 15.3 Å². The molecular formula is C23H32N4O3. The zero-order chi connectivity index (χ0) is 20.9. The van der Waals surface area contributed by atoms with Crippen LogP contribution in [0, 0.1) is 0 Å². The molecule has 1 aliphatic carbocycles. The Morgan fingerprint density at radius 2 is 1.87 bits per heavy atom. The molecule has 7 heteroatoms. The molecule has 1 saturated heterocycles. The van der Waals surface area contributed by atoms with E-state index < -0.39 is 0 Å². The van der Waals surface area contributed by atoms with Crippen molar-refractivity contribution in [1.82, 2.24) is 20.2 Å². The third-order valence-electron chi connectivity index (χ3n) is 6.47. The van der Waals surface area contributed by atoms with E-state index in [4.69, 9.17) is 9.47 Å². The largest absolute Gasteiger partial charge is 0.496 e. The number of carbonyl (C=O) groups is 1. The van der Waals surface area contributed by atoms with E-state index in [1.54, 1.807) is 20.5 Å². The van der Waals surface area contributed by atoms with E-state index in [1.807, 2.05) is 17.0 Å². The number of benzene rings is 1. The van der Waals surface area contributed by atoms with E-state index in [-0.39, 0.29) is 6.03 Å². The molecule has 0 spiro atoms. The molecule has 2 aromatic rings. The molecule has 0 radical (unpaired) electrons. The third-order valence-corrected chi connectivity index (χ3v) is 6.47. The number of likely N-dealkylation sites (tertiary alicyclic amines) is 1. The number of nitrogens with zero attached hydrogens (tertiary/aromatic N) is 3. The van der Waals surface area contributed by atoms with Gasteiger partial charge in [0.25, 0.3) is 0 Å². The molecular weight excluding hydrogens is 380 g/mol. The number of fused-ring (bicyclic) bond motifs is 1. The molecule has 2 amide bonds. The van der Waals surface area contributed by atoms with Crippen LogP contribution in [-0.2, 0) is 11.3 Å². The van der Waals surface area contributed by atoms with Crippen molar-refractivity contribution in [2.45, 2.75) is 63.5 Å². The normalized spacial score (nSPS) is 18.5. The molecule has 1 aromatic carbocycles. The van der Waals surface area contributed by atoms with Crippen molar-refractivity contribution in [2.24, 2.45) is 0 Å². The van der Waals surface area contributed by atoms with Crippen LogP contribution in [0.1, 0.15) is 62.1 Å². The Balaban J connectivity index is 1.45. The van der Waals surface area contributed by atoms with E-state index in [0.717, 1.165) is 66.7 Å².